The first kappa shape index (κ1) is 19.2. The van der Waals surface area contributed by atoms with E-state index in [0.717, 1.165) is 23.1 Å². The first-order valence-electron chi connectivity index (χ1n) is 8.81. The second kappa shape index (κ2) is 8.43. The highest BCUT2D eigenvalue weighted by molar-refractivity contribution is 7.99. The van der Waals surface area contributed by atoms with Gasteiger partial charge in [-0.05, 0) is 37.6 Å². The van der Waals surface area contributed by atoms with Gasteiger partial charge in [0.15, 0.2) is 5.16 Å². The molecular weight excluding hydrogens is 366 g/mol. The Morgan fingerprint density at radius 2 is 2.26 bits per heavy atom. The molecule has 0 aliphatic carbocycles. The van der Waals surface area contributed by atoms with Gasteiger partial charge in [0.2, 0.25) is 11.8 Å². The molecule has 0 radical (unpaired) electrons. The van der Waals surface area contributed by atoms with Crippen LogP contribution in [0.1, 0.15) is 30.7 Å². The Labute approximate surface area is 162 Å². The number of hydrogen-bond donors (Lipinski definition) is 2. The van der Waals surface area contributed by atoms with Crippen molar-refractivity contribution in [2.75, 3.05) is 24.7 Å². The summed E-state index contributed by atoms with van der Waals surface area (Å²) >= 11 is 1.55. The highest BCUT2D eigenvalue weighted by Gasteiger charge is 2.30. The zero-order chi connectivity index (χ0) is 19.4. The van der Waals surface area contributed by atoms with E-state index in [1.54, 1.807) is 37.1 Å². The van der Waals surface area contributed by atoms with E-state index in [-0.39, 0.29) is 18.2 Å². The van der Waals surface area contributed by atoms with E-state index in [1.165, 1.54) is 0 Å². The van der Waals surface area contributed by atoms with Crippen molar-refractivity contribution >= 4 is 29.3 Å². The number of aromatic nitrogens is 3. The number of thioether (sulfide) groups is 1. The van der Waals surface area contributed by atoms with Gasteiger partial charge in [-0.3, -0.25) is 9.59 Å². The summed E-state index contributed by atoms with van der Waals surface area (Å²) in [4.78, 5) is 24.6. The number of carbonyl (C=O) groups is 2. The van der Waals surface area contributed by atoms with Crippen LogP contribution in [-0.2, 0) is 16.1 Å². The van der Waals surface area contributed by atoms with Crippen LogP contribution >= 0.6 is 11.8 Å². The predicted octanol–water partition coefficient (Wildman–Crippen LogP) is 1.95. The molecule has 2 heterocycles. The molecule has 1 aliphatic heterocycles. The van der Waals surface area contributed by atoms with Crippen LogP contribution < -0.4 is 15.4 Å². The number of rotatable bonds is 7. The second-order valence-electron chi connectivity index (χ2n) is 6.17. The fourth-order valence-corrected chi connectivity index (χ4v) is 3.97. The molecule has 1 unspecified atom stereocenters. The number of amides is 2. The van der Waals surface area contributed by atoms with Crippen molar-refractivity contribution in [3.63, 3.8) is 0 Å². The topological polar surface area (TPSA) is 98.1 Å². The number of ether oxygens (including phenoxy) is 1. The monoisotopic (exact) mass is 389 g/mol. The Bertz CT molecular complexity index is 852. The van der Waals surface area contributed by atoms with Crippen LogP contribution in [0.15, 0.2) is 23.4 Å². The van der Waals surface area contributed by atoms with Crippen molar-refractivity contribution in [2.45, 2.75) is 37.9 Å². The van der Waals surface area contributed by atoms with Gasteiger partial charge in [-0.15, -0.1) is 10.2 Å². The van der Waals surface area contributed by atoms with Gasteiger partial charge < -0.3 is 19.9 Å². The molecule has 0 fully saturated rings. The Morgan fingerprint density at radius 1 is 1.44 bits per heavy atom. The fraction of sp³-hybridized carbons (Fsp3) is 0.444. The number of benzene rings is 1. The molecule has 8 nitrogen and oxygen atoms in total. The number of methoxy groups -OCH3 is 1. The maximum absolute atomic E-state index is 12.7. The Morgan fingerprint density at radius 3 is 3.00 bits per heavy atom. The lowest BCUT2D eigenvalue weighted by molar-refractivity contribution is -0.126. The summed E-state index contributed by atoms with van der Waals surface area (Å²) < 4.78 is 7.27. The molecule has 2 amide bonds. The van der Waals surface area contributed by atoms with Gasteiger partial charge >= 0.3 is 0 Å². The van der Waals surface area contributed by atoms with Gasteiger partial charge in [0, 0.05) is 31.0 Å². The fourth-order valence-electron chi connectivity index (χ4n) is 3.07. The van der Waals surface area contributed by atoms with Crippen LogP contribution in [0.3, 0.4) is 0 Å². The van der Waals surface area contributed by atoms with E-state index in [1.807, 2.05) is 18.4 Å². The Kier molecular flexibility index (Phi) is 6.00. The number of carbonyl (C=O) groups excluding carboxylic acids is 2. The maximum atomic E-state index is 12.7. The van der Waals surface area contributed by atoms with Crippen LogP contribution in [0.25, 0.3) is 0 Å². The van der Waals surface area contributed by atoms with Crippen LogP contribution in [-0.4, -0.2) is 46.0 Å². The molecule has 1 atom stereocenters. The zero-order valence-electron chi connectivity index (χ0n) is 15.6. The van der Waals surface area contributed by atoms with Crippen molar-refractivity contribution in [3.8, 4) is 5.75 Å². The average molecular weight is 389 g/mol. The van der Waals surface area contributed by atoms with Crippen molar-refractivity contribution in [3.05, 3.63) is 29.6 Å². The summed E-state index contributed by atoms with van der Waals surface area (Å²) in [5.74, 6) is 1.38. The summed E-state index contributed by atoms with van der Waals surface area (Å²) in [5, 5.41) is 14.8. The zero-order valence-corrected chi connectivity index (χ0v) is 16.4. The van der Waals surface area contributed by atoms with Gasteiger partial charge in [0.1, 0.15) is 11.6 Å². The third kappa shape index (κ3) is 4.24. The molecule has 144 valence electrons. The first-order chi connectivity index (χ1) is 13.0. The molecule has 2 aromatic rings. The van der Waals surface area contributed by atoms with E-state index in [9.17, 15) is 9.59 Å². The normalized spacial score (nSPS) is 15.8. The van der Waals surface area contributed by atoms with Gasteiger partial charge in [-0.2, -0.15) is 0 Å². The minimum Gasteiger partial charge on any atom is -0.497 e. The van der Waals surface area contributed by atoms with Crippen LogP contribution in [0.2, 0.25) is 0 Å². The lowest BCUT2D eigenvalue weighted by Gasteiger charge is -2.25. The van der Waals surface area contributed by atoms with E-state index < -0.39 is 5.92 Å². The number of aryl methyl sites for hydroxylation is 1. The van der Waals surface area contributed by atoms with E-state index in [4.69, 9.17) is 4.74 Å². The lowest BCUT2D eigenvalue weighted by atomic mass is 9.89. The summed E-state index contributed by atoms with van der Waals surface area (Å²) in [5.41, 5.74) is 1.44. The van der Waals surface area contributed by atoms with Crippen molar-refractivity contribution in [2.24, 2.45) is 0 Å². The lowest BCUT2D eigenvalue weighted by Crippen LogP contribution is -2.36. The van der Waals surface area contributed by atoms with E-state index in [0.29, 0.717) is 23.7 Å². The third-order valence-electron chi connectivity index (χ3n) is 4.46. The van der Waals surface area contributed by atoms with Gasteiger partial charge in [-0.1, -0.05) is 11.8 Å². The van der Waals surface area contributed by atoms with Crippen molar-refractivity contribution < 1.29 is 14.3 Å². The quantitative estimate of drug-likeness (QED) is 0.555. The smallest absolute Gasteiger partial charge is 0.228 e. The molecule has 1 aromatic carbocycles. The largest absolute Gasteiger partial charge is 0.497 e. The third-order valence-corrected chi connectivity index (χ3v) is 5.43. The predicted molar refractivity (Wildman–Crippen MR) is 103 cm³/mol. The molecule has 0 spiro atoms. The molecule has 1 aliphatic rings. The Hall–Kier alpha value is -2.55. The number of nitrogens with one attached hydrogen (secondary N) is 2. The van der Waals surface area contributed by atoms with Gasteiger partial charge in [0.05, 0.1) is 13.0 Å². The number of fused-ring (bicyclic) bond motifs is 1. The molecule has 2 N–H and O–H groups in total. The van der Waals surface area contributed by atoms with Gasteiger partial charge in [-0.25, -0.2) is 0 Å². The molecule has 1 aromatic heterocycles. The molecule has 0 saturated heterocycles. The summed E-state index contributed by atoms with van der Waals surface area (Å²) in [7, 11) is 1.58. The SMILES string of the molecule is CCn1c(C)nnc1SCCNC(=O)C1CC(=O)Nc2ccc(OC)cc21. The van der Waals surface area contributed by atoms with Crippen molar-refractivity contribution in [1.82, 2.24) is 20.1 Å². The number of nitrogens with zero attached hydrogens (tertiary/aromatic N) is 3. The first-order valence-corrected chi connectivity index (χ1v) is 9.80. The molecular formula is C18H23N5O3S. The highest BCUT2D eigenvalue weighted by Crippen LogP contribution is 2.35. The standard InChI is InChI=1S/C18H23N5O3S/c1-4-23-11(2)21-22-18(23)27-8-7-19-17(25)14-10-16(24)20-15-6-5-12(26-3)9-13(14)15/h5-6,9,14H,4,7-8,10H2,1-3H3,(H,19,25)(H,20,24). The molecule has 0 bridgehead atoms. The minimum absolute atomic E-state index is 0.127. The summed E-state index contributed by atoms with van der Waals surface area (Å²) in [6, 6.07) is 5.34. The molecule has 27 heavy (non-hydrogen) atoms. The minimum atomic E-state index is -0.518. The molecule has 0 saturated carbocycles. The van der Waals surface area contributed by atoms with Crippen LogP contribution in [0.5, 0.6) is 5.75 Å². The van der Waals surface area contributed by atoms with Crippen molar-refractivity contribution in [1.29, 1.82) is 0 Å². The van der Waals surface area contributed by atoms with Crippen LogP contribution in [0, 0.1) is 6.92 Å². The average Bonchev–Trinajstić information content (AvgIpc) is 3.03. The summed E-state index contributed by atoms with van der Waals surface area (Å²) in [6.45, 7) is 5.25. The molecule has 9 heteroatoms. The van der Waals surface area contributed by atoms with E-state index in [2.05, 4.69) is 20.8 Å². The van der Waals surface area contributed by atoms with Crippen LogP contribution in [0.4, 0.5) is 5.69 Å². The Balaban J connectivity index is 1.60. The highest BCUT2D eigenvalue weighted by atomic mass is 32.2. The number of hydrogen-bond acceptors (Lipinski definition) is 6. The summed E-state index contributed by atoms with van der Waals surface area (Å²) in [6.07, 6.45) is 0.127. The van der Waals surface area contributed by atoms with E-state index >= 15 is 0 Å². The maximum Gasteiger partial charge on any atom is 0.228 e. The molecule has 3 rings (SSSR count). The second-order valence-corrected chi connectivity index (χ2v) is 7.23. The number of anilines is 1. The van der Waals surface area contributed by atoms with Gasteiger partial charge in [0.25, 0.3) is 0 Å².